The van der Waals surface area contributed by atoms with Gasteiger partial charge in [-0.15, -0.1) is 0 Å². The van der Waals surface area contributed by atoms with E-state index in [9.17, 15) is 63.6 Å². The molecular weight excluding hydrogens is 688 g/mol. The van der Waals surface area contributed by atoms with Gasteiger partial charge in [0.2, 0.25) is 5.91 Å². The summed E-state index contributed by atoms with van der Waals surface area (Å²) in [6.07, 6.45) is 2.99. The van der Waals surface area contributed by atoms with Crippen LogP contribution in [-0.4, -0.2) is 189 Å². The summed E-state index contributed by atoms with van der Waals surface area (Å²) in [6, 6.07) is -1.20. The number of aliphatic carboxylic acids is 4. The summed E-state index contributed by atoms with van der Waals surface area (Å²) in [5.74, 6) is -6.37. The molecular formula is C33H50N6O13. The van der Waals surface area contributed by atoms with Crippen LogP contribution in [-0.2, 0) is 43.2 Å². The van der Waals surface area contributed by atoms with Gasteiger partial charge in [-0.25, -0.2) is 4.79 Å². The molecule has 0 radical (unpaired) electrons. The van der Waals surface area contributed by atoms with Crippen molar-refractivity contribution in [3.63, 3.8) is 0 Å². The molecule has 290 valence electrons. The molecule has 2 aliphatic heterocycles. The van der Waals surface area contributed by atoms with Crippen molar-refractivity contribution < 1.29 is 63.6 Å². The molecule has 2 aliphatic rings. The number of nitrogens with zero attached hydrogens (tertiary/aromatic N) is 5. The molecule has 1 saturated heterocycles. The van der Waals surface area contributed by atoms with Crippen LogP contribution >= 0.6 is 0 Å². The summed E-state index contributed by atoms with van der Waals surface area (Å²) < 4.78 is 0. The quantitative estimate of drug-likeness (QED) is 0.0607. The number of rotatable bonds is 22. The van der Waals surface area contributed by atoms with Gasteiger partial charge in [0.15, 0.2) is 0 Å². The van der Waals surface area contributed by atoms with Crippen LogP contribution in [0.3, 0.4) is 0 Å². The summed E-state index contributed by atoms with van der Waals surface area (Å²) in [5, 5.41) is 39.9. The van der Waals surface area contributed by atoms with Gasteiger partial charge in [0.1, 0.15) is 17.6 Å². The van der Waals surface area contributed by atoms with E-state index in [-0.39, 0.29) is 122 Å². The van der Waals surface area contributed by atoms with Gasteiger partial charge in [0, 0.05) is 96.7 Å². The Hall–Kier alpha value is -4.59. The van der Waals surface area contributed by atoms with Crippen molar-refractivity contribution in [1.29, 1.82) is 0 Å². The van der Waals surface area contributed by atoms with Crippen molar-refractivity contribution in [2.45, 2.75) is 57.4 Å². The van der Waals surface area contributed by atoms with E-state index in [2.05, 4.69) is 5.32 Å². The molecule has 1 atom stereocenters. The van der Waals surface area contributed by atoms with E-state index < -0.39 is 47.6 Å². The Morgan fingerprint density at radius 3 is 1.40 bits per heavy atom. The molecule has 5 N–H and O–H groups in total. The van der Waals surface area contributed by atoms with Crippen LogP contribution in [0.15, 0.2) is 12.2 Å². The zero-order valence-electron chi connectivity index (χ0n) is 29.3. The molecule has 0 aliphatic carbocycles. The number of carboxylic acids is 4. The zero-order valence-corrected chi connectivity index (χ0v) is 29.3. The Morgan fingerprint density at radius 1 is 0.558 bits per heavy atom. The number of amides is 3. The lowest BCUT2D eigenvalue weighted by Crippen LogP contribution is -2.49. The monoisotopic (exact) mass is 738 g/mol. The molecule has 1 fully saturated rings. The SMILES string of the molecule is O=C(O)CN1CCN(CC(=O)O)CCN(CC(=O)CCCC(=O)CCC(=O)N[C@@H](CCCCN2C(=O)C=CC2=O)C(=O)O)CCN(CC(=O)O)CC1. The highest BCUT2D eigenvalue weighted by Gasteiger charge is 2.25. The number of carbonyl (C=O) groups is 9. The molecule has 19 heteroatoms. The predicted molar refractivity (Wildman–Crippen MR) is 181 cm³/mol. The van der Waals surface area contributed by atoms with Crippen LogP contribution in [0.1, 0.15) is 51.4 Å². The van der Waals surface area contributed by atoms with Gasteiger partial charge < -0.3 is 25.7 Å². The first kappa shape index (κ1) is 43.6. The van der Waals surface area contributed by atoms with Crippen molar-refractivity contribution in [1.82, 2.24) is 29.8 Å². The number of ketones is 2. The predicted octanol–water partition coefficient (Wildman–Crippen LogP) is -1.78. The molecule has 0 unspecified atom stereocenters. The topological polar surface area (TPSA) is 263 Å². The first-order chi connectivity index (χ1) is 24.6. The molecule has 19 nitrogen and oxygen atoms in total. The summed E-state index contributed by atoms with van der Waals surface area (Å²) in [6.45, 7) is 1.39. The number of imide groups is 1. The number of carboxylic acid groups (broad SMARTS) is 4. The minimum absolute atomic E-state index is 0.0122. The lowest BCUT2D eigenvalue weighted by Gasteiger charge is -2.32. The largest absolute Gasteiger partial charge is 0.480 e. The first-order valence-corrected chi connectivity index (χ1v) is 17.3. The van der Waals surface area contributed by atoms with E-state index in [1.54, 1.807) is 19.6 Å². The van der Waals surface area contributed by atoms with Gasteiger partial charge in [-0.2, -0.15) is 0 Å². The van der Waals surface area contributed by atoms with Crippen molar-refractivity contribution in [2.75, 3.05) is 85.1 Å². The van der Waals surface area contributed by atoms with Crippen LogP contribution in [0.2, 0.25) is 0 Å². The van der Waals surface area contributed by atoms with Crippen molar-refractivity contribution in [3.8, 4) is 0 Å². The second kappa shape index (κ2) is 23.1. The molecule has 0 spiro atoms. The van der Waals surface area contributed by atoms with Crippen LogP contribution < -0.4 is 5.32 Å². The van der Waals surface area contributed by atoms with Crippen LogP contribution in [0, 0.1) is 0 Å². The molecule has 0 aromatic carbocycles. The number of nitrogens with one attached hydrogen (secondary N) is 1. The molecule has 52 heavy (non-hydrogen) atoms. The van der Waals surface area contributed by atoms with E-state index in [1.165, 1.54) is 0 Å². The van der Waals surface area contributed by atoms with E-state index in [0.29, 0.717) is 25.9 Å². The number of hydrogen-bond donors (Lipinski definition) is 5. The molecule has 0 aromatic rings. The van der Waals surface area contributed by atoms with E-state index >= 15 is 0 Å². The third-order valence-corrected chi connectivity index (χ3v) is 8.61. The fourth-order valence-electron chi connectivity index (χ4n) is 5.77. The smallest absolute Gasteiger partial charge is 0.326 e. The lowest BCUT2D eigenvalue weighted by molar-refractivity contribution is -0.142. The highest BCUT2D eigenvalue weighted by atomic mass is 16.4. The van der Waals surface area contributed by atoms with Gasteiger partial charge in [-0.1, -0.05) is 0 Å². The summed E-state index contributed by atoms with van der Waals surface area (Å²) in [4.78, 5) is 115. The standard InChI is InChI=1S/C33H50N6O13/c40-24(7-8-27(42)34-26(33(51)52)6-1-2-11-39-28(43)9-10-29(39)44)4-3-5-25(41)20-35-12-14-36(21-30(45)46)16-18-38(23-32(49)50)19-17-37(15-13-35)22-31(47)48/h9-10,26H,1-8,11-23H2,(H,34,42)(H,45,46)(H,47,48)(H,49,50)(H,51,52)/t26-/m0/s1. The molecule has 3 amide bonds. The molecule has 2 rings (SSSR count). The van der Waals surface area contributed by atoms with Crippen molar-refractivity contribution in [3.05, 3.63) is 12.2 Å². The van der Waals surface area contributed by atoms with Crippen molar-refractivity contribution >= 4 is 53.2 Å². The molecule has 0 saturated carbocycles. The highest BCUT2D eigenvalue weighted by molar-refractivity contribution is 6.12. The van der Waals surface area contributed by atoms with E-state index in [0.717, 1.165) is 17.1 Å². The first-order valence-electron chi connectivity index (χ1n) is 17.3. The average Bonchev–Trinajstić information content (AvgIpc) is 3.37. The van der Waals surface area contributed by atoms with Gasteiger partial charge in [0.05, 0.1) is 26.2 Å². The Kier molecular flexibility index (Phi) is 19.3. The van der Waals surface area contributed by atoms with Gasteiger partial charge in [0.25, 0.3) is 11.8 Å². The summed E-state index contributed by atoms with van der Waals surface area (Å²) >= 11 is 0. The fraction of sp³-hybridized carbons (Fsp3) is 0.667. The highest BCUT2D eigenvalue weighted by Crippen LogP contribution is 2.10. The lowest BCUT2D eigenvalue weighted by atomic mass is 10.1. The second-order valence-corrected chi connectivity index (χ2v) is 12.8. The zero-order chi connectivity index (χ0) is 38.6. The number of hydrogen-bond acceptors (Lipinski definition) is 13. The van der Waals surface area contributed by atoms with Crippen LogP contribution in [0.4, 0.5) is 0 Å². The Labute approximate surface area is 301 Å². The normalized spacial score (nSPS) is 17.7. The molecule has 0 aromatic heterocycles. The maximum atomic E-state index is 12.9. The molecule has 2 heterocycles. The Balaban J connectivity index is 1.81. The van der Waals surface area contributed by atoms with Crippen LogP contribution in [0.5, 0.6) is 0 Å². The number of Topliss-reactive ketones (excluding diaryl/α,β-unsaturated/α-hetero) is 2. The summed E-state index contributed by atoms with van der Waals surface area (Å²) in [7, 11) is 0. The fourth-order valence-corrected chi connectivity index (χ4v) is 5.77. The van der Waals surface area contributed by atoms with Crippen molar-refractivity contribution in [2.24, 2.45) is 0 Å². The van der Waals surface area contributed by atoms with E-state index in [4.69, 9.17) is 0 Å². The van der Waals surface area contributed by atoms with Gasteiger partial charge in [-0.05, 0) is 25.7 Å². The average molecular weight is 739 g/mol. The molecule has 0 bridgehead atoms. The van der Waals surface area contributed by atoms with E-state index in [1.807, 2.05) is 0 Å². The van der Waals surface area contributed by atoms with Gasteiger partial charge >= 0.3 is 23.9 Å². The maximum absolute atomic E-state index is 12.9. The summed E-state index contributed by atoms with van der Waals surface area (Å²) in [5.41, 5.74) is 0. The second-order valence-electron chi connectivity index (χ2n) is 12.8. The van der Waals surface area contributed by atoms with Gasteiger partial charge in [-0.3, -0.25) is 62.9 Å². The maximum Gasteiger partial charge on any atom is 0.326 e. The number of carbonyl (C=O) groups excluding carboxylic acids is 5. The van der Waals surface area contributed by atoms with Crippen LogP contribution in [0.25, 0.3) is 0 Å². The Morgan fingerprint density at radius 2 is 0.981 bits per heavy atom. The third kappa shape index (κ3) is 18.1. The Bertz CT molecular complexity index is 1290. The minimum atomic E-state index is -1.25. The third-order valence-electron chi connectivity index (χ3n) is 8.61. The number of unbranched alkanes of at least 4 members (excludes halogenated alkanes) is 1. The minimum Gasteiger partial charge on any atom is -0.480 e.